The van der Waals surface area contributed by atoms with E-state index in [0.29, 0.717) is 18.6 Å². The quantitative estimate of drug-likeness (QED) is 0.912. The molecule has 1 saturated carbocycles. The lowest BCUT2D eigenvalue weighted by Crippen LogP contribution is -2.35. The zero-order chi connectivity index (χ0) is 12.5. The first-order valence-electron chi connectivity index (χ1n) is 6.52. The topological polar surface area (TPSA) is 44.5 Å². The predicted octanol–water partition coefficient (Wildman–Crippen LogP) is 2.53. The molecule has 2 aliphatic rings. The zero-order valence-electron chi connectivity index (χ0n) is 10.3. The number of ether oxygens (including phenoxy) is 2. The average Bonchev–Trinajstić information content (AvgIpc) is 2.74. The summed E-state index contributed by atoms with van der Waals surface area (Å²) in [5.74, 6) is 1.63. The summed E-state index contributed by atoms with van der Waals surface area (Å²) in [6, 6.07) is 3.94. The molecular formula is C14H18ClNO2. The van der Waals surface area contributed by atoms with Crippen molar-refractivity contribution >= 4 is 11.6 Å². The summed E-state index contributed by atoms with van der Waals surface area (Å²) < 4.78 is 11.5. The summed E-state index contributed by atoms with van der Waals surface area (Å²) in [5.41, 5.74) is 7.88. The maximum Gasteiger partial charge on any atom is 0.128 e. The van der Waals surface area contributed by atoms with Gasteiger partial charge in [0.05, 0.1) is 19.3 Å². The first-order valence-corrected chi connectivity index (χ1v) is 6.90. The van der Waals surface area contributed by atoms with Gasteiger partial charge < -0.3 is 15.2 Å². The Labute approximate surface area is 112 Å². The number of hydrogen-bond acceptors (Lipinski definition) is 3. The molecule has 98 valence electrons. The second kappa shape index (κ2) is 5.08. The Morgan fingerprint density at radius 2 is 2.22 bits per heavy atom. The van der Waals surface area contributed by atoms with Crippen LogP contribution in [-0.4, -0.2) is 19.3 Å². The molecule has 1 fully saturated rings. The van der Waals surface area contributed by atoms with Gasteiger partial charge >= 0.3 is 0 Å². The fourth-order valence-electron chi connectivity index (χ4n) is 2.66. The van der Waals surface area contributed by atoms with E-state index in [2.05, 4.69) is 0 Å². The Kier molecular flexibility index (Phi) is 3.46. The van der Waals surface area contributed by atoms with Gasteiger partial charge in [0.2, 0.25) is 0 Å². The van der Waals surface area contributed by atoms with Crippen LogP contribution in [0.15, 0.2) is 12.1 Å². The number of rotatable bonds is 4. The predicted molar refractivity (Wildman–Crippen MR) is 71.0 cm³/mol. The standard InChI is InChI=1S/C14H18ClNO2/c15-12-5-10-1-2-17-14(10)11(6-12)8-18-13-3-9(4-13)7-16/h5-6,9,13H,1-4,7-8,16H2. The Bertz CT molecular complexity index is 444. The third-order valence-corrected chi connectivity index (χ3v) is 4.04. The molecule has 2 N–H and O–H groups in total. The number of fused-ring (bicyclic) bond motifs is 1. The molecule has 0 radical (unpaired) electrons. The van der Waals surface area contributed by atoms with Crippen LogP contribution in [0.25, 0.3) is 0 Å². The Morgan fingerprint density at radius 1 is 1.39 bits per heavy atom. The molecule has 0 bridgehead atoms. The third-order valence-electron chi connectivity index (χ3n) is 3.83. The lowest BCUT2D eigenvalue weighted by Gasteiger charge is -2.34. The molecule has 1 aromatic rings. The summed E-state index contributed by atoms with van der Waals surface area (Å²) >= 11 is 6.11. The Hall–Kier alpha value is -0.770. The van der Waals surface area contributed by atoms with Gasteiger partial charge in [0.1, 0.15) is 5.75 Å². The van der Waals surface area contributed by atoms with Gasteiger partial charge in [0, 0.05) is 17.0 Å². The van der Waals surface area contributed by atoms with Crippen molar-refractivity contribution in [2.75, 3.05) is 13.2 Å². The van der Waals surface area contributed by atoms with Gasteiger partial charge in [-0.1, -0.05) is 11.6 Å². The van der Waals surface area contributed by atoms with Crippen LogP contribution in [-0.2, 0) is 17.8 Å². The van der Waals surface area contributed by atoms with Crippen molar-refractivity contribution in [3.05, 3.63) is 28.3 Å². The van der Waals surface area contributed by atoms with Gasteiger partial charge in [-0.05, 0) is 43.0 Å². The van der Waals surface area contributed by atoms with Gasteiger partial charge in [-0.2, -0.15) is 0 Å². The molecule has 18 heavy (non-hydrogen) atoms. The summed E-state index contributed by atoms with van der Waals surface area (Å²) in [6.07, 6.45) is 3.47. The van der Waals surface area contributed by atoms with Crippen LogP contribution in [0.5, 0.6) is 5.75 Å². The fourth-order valence-corrected chi connectivity index (χ4v) is 2.93. The SMILES string of the molecule is NCC1CC(OCc2cc(Cl)cc3c2OCC3)C1. The van der Waals surface area contributed by atoms with E-state index in [1.807, 2.05) is 12.1 Å². The number of benzene rings is 1. The maximum atomic E-state index is 6.11. The maximum absolute atomic E-state index is 6.11. The summed E-state index contributed by atoms with van der Waals surface area (Å²) in [6.45, 7) is 2.11. The highest BCUT2D eigenvalue weighted by molar-refractivity contribution is 6.30. The lowest BCUT2D eigenvalue weighted by atomic mass is 9.82. The van der Waals surface area contributed by atoms with E-state index in [0.717, 1.165) is 48.7 Å². The molecule has 3 nitrogen and oxygen atoms in total. The van der Waals surface area contributed by atoms with Gasteiger partial charge in [0.15, 0.2) is 0 Å². The molecule has 0 spiro atoms. The van der Waals surface area contributed by atoms with Crippen molar-refractivity contribution < 1.29 is 9.47 Å². The highest BCUT2D eigenvalue weighted by Gasteiger charge is 2.29. The van der Waals surface area contributed by atoms with Crippen LogP contribution in [0.3, 0.4) is 0 Å². The van der Waals surface area contributed by atoms with Crippen molar-refractivity contribution in [3.63, 3.8) is 0 Å². The molecule has 0 atom stereocenters. The van der Waals surface area contributed by atoms with Gasteiger partial charge in [-0.25, -0.2) is 0 Å². The minimum Gasteiger partial charge on any atom is -0.493 e. The van der Waals surface area contributed by atoms with Gasteiger partial charge in [-0.3, -0.25) is 0 Å². The second-order valence-electron chi connectivity index (χ2n) is 5.16. The monoisotopic (exact) mass is 267 g/mol. The first kappa shape index (κ1) is 12.3. The summed E-state index contributed by atoms with van der Waals surface area (Å²) in [4.78, 5) is 0. The lowest BCUT2D eigenvalue weighted by molar-refractivity contribution is -0.0381. The van der Waals surface area contributed by atoms with Crippen LogP contribution >= 0.6 is 11.6 Å². The number of hydrogen-bond donors (Lipinski definition) is 1. The molecule has 0 amide bonds. The van der Waals surface area contributed by atoms with E-state index in [4.69, 9.17) is 26.8 Å². The Morgan fingerprint density at radius 3 is 3.00 bits per heavy atom. The molecule has 1 aliphatic heterocycles. The van der Waals surface area contributed by atoms with Crippen LogP contribution in [0.4, 0.5) is 0 Å². The molecule has 0 aromatic heterocycles. The van der Waals surface area contributed by atoms with Crippen molar-refractivity contribution in [2.45, 2.75) is 32.0 Å². The normalized spacial score (nSPS) is 25.4. The minimum atomic E-state index is 0.356. The second-order valence-corrected chi connectivity index (χ2v) is 5.59. The molecule has 1 aromatic carbocycles. The van der Waals surface area contributed by atoms with Gasteiger partial charge in [-0.15, -0.1) is 0 Å². The molecule has 0 unspecified atom stereocenters. The van der Waals surface area contributed by atoms with Crippen LogP contribution in [0.2, 0.25) is 5.02 Å². The molecule has 0 saturated heterocycles. The van der Waals surface area contributed by atoms with Crippen LogP contribution in [0.1, 0.15) is 24.0 Å². The van der Waals surface area contributed by atoms with Crippen molar-refractivity contribution in [3.8, 4) is 5.75 Å². The highest BCUT2D eigenvalue weighted by Crippen LogP contribution is 2.35. The van der Waals surface area contributed by atoms with Crippen molar-refractivity contribution in [1.29, 1.82) is 0 Å². The average molecular weight is 268 g/mol. The van der Waals surface area contributed by atoms with Crippen LogP contribution < -0.4 is 10.5 Å². The van der Waals surface area contributed by atoms with Gasteiger partial charge in [0.25, 0.3) is 0 Å². The van der Waals surface area contributed by atoms with E-state index in [-0.39, 0.29) is 0 Å². The minimum absolute atomic E-state index is 0.356. The fraction of sp³-hybridized carbons (Fsp3) is 0.571. The molecular weight excluding hydrogens is 250 g/mol. The van der Waals surface area contributed by atoms with Crippen molar-refractivity contribution in [1.82, 2.24) is 0 Å². The van der Waals surface area contributed by atoms with E-state index in [9.17, 15) is 0 Å². The molecule has 1 aliphatic carbocycles. The highest BCUT2D eigenvalue weighted by atomic mass is 35.5. The smallest absolute Gasteiger partial charge is 0.128 e. The molecule has 1 heterocycles. The zero-order valence-corrected chi connectivity index (χ0v) is 11.1. The van der Waals surface area contributed by atoms with E-state index in [1.165, 1.54) is 5.56 Å². The van der Waals surface area contributed by atoms with Crippen LogP contribution in [0, 0.1) is 5.92 Å². The number of halogens is 1. The van der Waals surface area contributed by atoms with E-state index in [1.54, 1.807) is 0 Å². The molecule has 3 rings (SSSR count). The third kappa shape index (κ3) is 2.35. The van der Waals surface area contributed by atoms with E-state index < -0.39 is 0 Å². The molecule has 4 heteroatoms. The number of nitrogens with two attached hydrogens (primary N) is 1. The summed E-state index contributed by atoms with van der Waals surface area (Å²) in [5, 5.41) is 0.770. The van der Waals surface area contributed by atoms with E-state index >= 15 is 0 Å². The Balaban J connectivity index is 1.63. The summed E-state index contributed by atoms with van der Waals surface area (Å²) in [7, 11) is 0. The largest absolute Gasteiger partial charge is 0.493 e. The van der Waals surface area contributed by atoms with Crippen molar-refractivity contribution in [2.24, 2.45) is 11.7 Å². The first-order chi connectivity index (χ1) is 8.76.